The number of carbonyl (C=O) groups is 1. The summed E-state index contributed by atoms with van der Waals surface area (Å²) in [6.45, 7) is 7.98. The molecular weight excluding hydrogens is 585 g/mol. The van der Waals surface area contributed by atoms with Crippen LogP contribution in [0, 0.1) is 18.2 Å². The smallest absolute Gasteiger partial charge is 0.309 e. The number of ether oxygens (including phenoxy) is 3. The molecule has 2 atom stereocenters. The average molecular weight is 622 g/mol. The number of benzene rings is 2. The Hall–Kier alpha value is -3.14. The van der Waals surface area contributed by atoms with E-state index in [0.717, 1.165) is 88.4 Å². The van der Waals surface area contributed by atoms with Crippen LogP contribution < -0.4 is 9.47 Å². The third-order valence-electron chi connectivity index (χ3n) is 10.8. The van der Waals surface area contributed by atoms with Gasteiger partial charge in [0.15, 0.2) is 11.5 Å². The van der Waals surface area contributed by atoms with Crippen molar-refractivity contribution in [3.8, 4) is 11.5 Å². The first-order chi connectivity index (χ1) is 21.1. The van der Waals surface area contributed by atoms with E-state index in [-0.39, 0.29) is 17.4 Å². The second-order valence-corrected chi connectivity index (χ2v) is 14.2. The van der Waals surface area contributed by atoms with Crippen LogP contribution in [-0.4, -0.2) is 51.3 Å². The maximum Gasteiger partial charge on any atom is 0.309 e. The molecule has 3 aromatic rings. The Morgan fingerprint density at radius 1 is 1.14 bits per heavy atom. The summed E-state index contributed by atoms with van der Waals surface area (Å²) in [5, 5.41) is 10.0. The molecule has 2 saturated heterocycles. The molecule has 3 aliphatic heterocycles. The van der Waals surface area contributed by atoms with Gasteiger partial charge in [-0.3, -0.25) is 9.69 Å². The van der Waals surface area contributed by atoms with Crippen molar-refractivity contribution >= 4 is 17.6 Å². The average Bonchev–Trinajstić information content (AvgIpc) is 3.41. The van der Waals surface area contributed by atoms with Crippen molar-refractivity contribution in [2.45, 2.75) is 88.7 Å². The lowest BCUT2D eigenvalue weighted by molar-refractivity contribution is -0.196. The van der Waals surface area contributed by atoms with Crippen molar-refractivity contribution in [2.75, 3.05) is 19.7 Å². The van der Waals surface area contributed by atoms with Crippen LogP contribution in [0.15, 0.2) is 36.4 Å². The lowest BCUT2D eigenvalue weighted by atomic mass is 9.34. The van der Waals surface area contributed by atoms with Gasteiger partial charge < -0.3 is 23.9 Å². The quantitative estimate of drug-likeness (QED) is 0.316. The summed E-state index contributed by atoms with van der Waals surface area (Å²) in [6.07, 6.45) is 5.30. The molecule has 0 radical (unpaired) electrons. The Labute approximate surface area is 261 Å². The summed E-state index contributed by atoms with van der Waals surface area (Å²) in [6, 6.07) is 10.5. The number of para-hydroxylation sites is 1. The van der Waals surface area contributed by atoms with E-state index in [1.54, 1.807) is 19.1 Å². The normalized spacial score (nSPS) is 30.9. The van der Waals surface area contributed by atoms with Gasteiger partial charge in [-0.05, 0) is 88.7 Å². The molecule has 4 heterocycles. The Morgan fingerprint density at radius 3 is 2.55 bits per heavy atom. The summed E-state index contributed by atoms with van der Waals surface area (Å²) >= 11 is 5.99. The van der Waals surface area contributed by atoms with Gasteiger partial charge in [0, 0.05) is 35.2 Å². The molecule has 0 unspecified atom stereocenters. The highest BCUT2D eigenvalue weighted by molar-refractivity contribution is 6.30. The molecule has 9 rings (SSSR count). The van der Waals surface area contributed by atoms with Crippen LogP contribution in [0.1, 0.15) is 79.7 Å². The monoisotopic (exact) mass is 621 g/mol. The van der Waals surface area contributed by atoms with Crippen LogP contribution >= 0.6 is 11.6 Å². The number of fused-ring (bicyclic) bond motifs is 1. The number of hydrogen-bond acceptors (Lipinski definition) is 6. The Kier molecular flexibility index (Phi) is 6.40. The van der Waals surface area contributed by atoms with Gasteiger partial charge in [0.2, 0.25) is 0 Å². The van der Waals surface area contributed by atoms with E-state index >= 15 is 0 Å². The number of carboxylic acid groups (broad SMARTS) is 1. The van der Waals surface area contributed by atoms with Crippen LogP contribution in [0.2, 0.25) is 5.02 Å². The van der Waals surface area contributed by atoms with Gasteiger partial charge in [-0.15, -0.1) is 0 Å². The van der Waals surface area contributed by atoms with E-state index in [0.29, 0.717) is 22.1 Å². The number of carboxylic acids is 1. The molecular formula is C34H37ClFN3O5. The second kappa shape index (κ2) is 9.93. The van der Waals surface area contributed by atoms with Crippen molar-refractivity contribution in [2.24, 2.45) is 5.41 Å². The first-order valence-corrected chi connectivity index (χ1v) is 16.1. The highest BCUT2D eigenvalue weighted by Gasteiger charge is 2.73. The van der Waals surface area contributed by atoms with Gasteiger partial charge in [0.1, 0.15) is 11.6 Å². The van der Waals surface area contributed by atoms with E-state index in [9.17, 15) is 14.3 Å². The van der Waals surface area contributed by atoms with E-state index < -0.39 is 23.0 Å². The van der Waals surface area contributed by atoms with Crippen LogP contribution in [0.4, 0.5) is 4.39 Å². The number of halogens is 2. The minimum atomic E-state index is -1.27. The fourth-order valence-electron chi connectivity index (χ4n) is 8.56. The number of nitrogens with zero attached hydrogens (tertiary/aromatic N) is 3. The fourth-order valence-corrected chi connectivity index (χ4v) is 8.71. The maximum atomic E-state index is 14.8. The molecule has 2 aromatic carbocycles. The van der Waals surface area contributed by atoms with Crippen molar-refractivity contribution in [3.63, 3.8) is 0 Å². The first kappa shape index (κ1) is 28.3. The molecule has 0 spiro atoms. The predicted octanol–water partition coefficient (Wildman–Crippen LogP) is 6.30. The number of rotatable bonds is 8. The molecule has 0 amide bonds. The lowest BCUT2D eigenvalue weighted by Crippen LogP contribution is -2.68. The standard InChI is InChI=1S/C34H37ClFN3O5/c1-20-30(33-17-34(18-33,19-33)31(40)41)39(15-23-10-13-42-23)28(37-20)16-38-11-8-21(9-12-38)24-4-3-5-27-29(24)44-32(2,43-27)25-7-6-22(35)14-26(25)36/h3-7,14,21,23H,8-13,15-19H2,1-2H3,(H,40,41)/t23-,32-,33?,34?/m0/s1. The number of likely N-dealkylation sites (tertiary alicyclic amines) is 1. The van der Waals surface area contributed by atoms with Crippen molar-refractivity contribution in [1.82, 2.24) is 14.5 Å². The summed E-state index contributed by atoms with van der Waals surface area (Å²) in [4.78, 5) is 19.4. The fraction of sp³-hybridized carbons (Fsp3) is 0.529. The molecule has 1 N–H and O–H groups in total. The highest BCUT2D eigenvalue weighted by Crippen LogP contribution is 2.74. The minimum absolute atomic E-state index is 0.0519. The molecule has 3 aliphatic carbocycles. The topological polar surface area (TPSA) is 86.0 Å². The third-order valence-corrected chi connectivity index (χ3v) is 11.0. The van der Waals surface area contributed by atoms with E-state index in [1.165, 1.54) is 11.8 Å². The van der Waals surface area contributed by atoms with Crippen molar-refractivity contribution in [1.29, 1.82) is 0 Å². The van der Waals surface area contributed by atoms with Crippen molar-refractivity contribution < 1.29 is 28.5 Å². The van der Waals surface area contributed by atoms with Crippen LogP contribution in [0.25, 0.3) is 0 Å². The molecule has 232 valence electrons. The van der Waals surface area contributed by atoms with Gasteiger partial charge >= 0.3 is 5.97 Å². The SMILES string of the molecule is Cc1nc(CN2CCC(c3cccc4c3O[C@@](C)(c3ccc(Cl)cc3F)O4)CC2)n(C[C@@H]2CCO2)c1C12CC(C(=O)O)(C1)C2. The van der Waals surface area contributed by atoms with Gasteiger partial charge in [0.25, 0.3) is 5.79 Å². The predicted molar refractivity (Wildman–Crippen MR) is 161 cm³/mol. The molecule has 5 fully saturated rings. The van der Waals surface area contributed by atoms with Crippen molar-refractivity contribution in [3.05, 3.63) is 75.6 Å². The Balaban J connectivity index is 0.978. The van der Waals surface area contributed by atoms with Crippen LogP contribution in [-0.2, 0) is 33.8 Å². The van der Waals surface area contributed by atoms with Crippen LogP contribution in [0.5, 0.6) is 11.5 Å². The molecule has 6 aliphatic rings. The molecule has 44 heavy (non-hydrogen) atoms. The Morgan fingerprint density at radius 2 is 1.89 bits per heavy atom. The maximum absolute atomic E-state index is 14.8. The molecule has 8 nitrogen and oxygen atoms in total. The first-order valence-electron chi connectivity index (χ1n) is 15.7. The number of aromatic nitrogens is 2. The molecule has 10 heteroatoms. The van der Waals surface area contributed by atoms with Gasteiger partial charge in [-0.2, -0.15) is 0 Å². The highest BCUT2D eigenvalue weighted by atomic mass is 35.5. The summed E-state index contributed by atoms with van der Waals surface area (Å²) in [7, 11) is 0. The largest absolute Gasteiger partial charge is 0.481 e. The van der Waals surface area contributed by atoms with E-state index in [2.05, 4.69) is 22.5 Å². The van der Waals surface area contributed by atoms with Gasteiger partial charge in [-0.25, -0.2) is 9.37 Å². The minimum Gasteiger partial charge on any atom is -0.481 e. The molecule has 2 bridgehead atoms. The number of aliphatic carboxylic acids is 1. The lowest BCUT2D eigenvalue weighted by Gasteiger charge is -2.68. The number of aryl methyl sites for hydroxylation is 1. The second-order valence-electron chi connectivity index (χ2n) is 13.7. The number of hydrogen-bond donors (Lipinski definition) is 1. The summed E-state index contributed by atoms with van der Waals surface area (Å²) in [5.41, 5.74) is 3.10. The van der Waals surface area contributed by atoms with Crippen LogP contribution in [0.3, 0.4) is 0 Å². The zero-order valence-electron chi connectivity index (χ0n) is 25.1. The summed E-state index contributed by atoms with van der Waals surface area (Å²) in [5.74, 6) is 0.277. The molecule has 1 aromatic heterocycles. The van der Waals surface area contributed by atoms with Gasteiger partial charge in [0.05, 0.1) is 35.9 Å². The van der Waals surface area contributed by atoms with E-state index in [1.807, 2.05) is 12.1 Å². The summed E-state index contributed by atoms with van der Waals surface area (Å²) < 4.78 is 35.6. The third kappa shape index (κ3) is 4.30. The zero-order valence-corrected chi connectivity index (χ0v) is 25.8. The number of imidazole rings is 1. The Bertz CT molecular complexity index is 1640. The van der Waals surface area contributed by atoms with E-state index in [4.69, 9.17) is 30.8 Å². The molecule has 3 saturated carbocycles. The van der Waals surface area contributed by atoms with Gasteiger partial charge in [-0.1, -0.05) is 23.7 Å². The number of piperidine rings is 1. The zero-order chi connectivity index (χ0) is 30.4.